The second kappa shape index (κ2) is 5.23. The molecule has 2 aromatic rings. The van der Waals surface area contributed by atoms with Gasteiger partial charge in [0.2, 0.25) is 0 Å². The van der Waals surface area contributed by atoms with Crippen LogP contribution in [0.15, 0.2) is 24.4 Å². The third-order valence-electron chi connectivity index (χ3n) is 2.28. The molecule has 0 aliphatic heterocycles. The van der Waals surface area contributed by atoms with Crippen LogP contribution in [0.25, 0.3) is 0 Å². The number of hydrogen-bond acceptors (Lipinski definition) is 2. The molecule has 90 valence electrons. The predicted octanol–water partition coefficient (Wildman–Crippen LogP) is 2.39. The van der Waals surface area contributed by atoms with Crippen molar-refractivity contribution in [2.24, 2.45) is 0 Å². The fraction of sp³-hybridized carbons (Fsp3) is 0.273. The van der Waals surface area contributed by atoms with Gasteiger partial charge in [0.1, 0.15) is 11.6 Å². The molecule has 3 nitrogen and oxygen atoms in total. The van der Waals surface area contributed by atoms with E-state index in [0.29, 0.717) is 12.3 Å². The highest BCUT2D eigenvalue weighted by molar-refractivity contribution is 6.17. The van der Waals surface area contributed by atoms with E-state index in [1.165, 1.54) is 4.68 Å². The fourth-order valence-corrected chi connectivity index (χ4v) is 1.66. The molecule has 0 N–H and O–H groups in total. The molecular formula is C11H10ClF2N3. The van der Waals surface area contributed by atoms with Crippen molar-refractivity contribution in [3.8, 4) is 0 Å². The van der Waals surface area contributed by atoms with Crippen LogP contribution in [0, 0.1) is 11.6 Å². The fourth-order valence-electron chi connectivity index (χ4n) is 1.47. The number of aryl methyl sites for hydroxylation is 1. The zero-order chi connectivity index (χ0) is 12.3. The molecular weight excluding hydrogens is 248 g/mol. The number of hydrogen-bond donors (Lipinski definition) is 0. The lowest BCUT2D eigenvalue weighted by Gasteiger charge is -2.02. The first-order chi connectivity index (χ1) is 8.19. The number of rotatable bonds is 4. The second-order valence-electron chi connectivity index (χ2n) is 3.58. The molecule has 0 radical (unpaired) electrons. The van der Waals surface area contributed by atoms with Gasteiger partial charge in [-0.05, 0) is 18.2 Å². The van der Waals surface area contributed by atoms with Gasteiger partial charge in [-0.1, -0.05) is 5.21 Å². The maximum absolute atomic E-state index is 13.4. The maximum Gasteiger partial charge on any atom is 0.128 e. The molecule has 1 heterocycles. The summed E-state index contributed by atoms with van der Waals surface area (Å²) in [6.45, 7) is 0.152. The molecule has 0 saturated heterocycles. The molecule has 17 heavy (non-hydrogen) atoms. The van der Waals surface area contributed by atoms with Crippen LogP contribution in [0.1, 0.15) is 11.3 Å². The topological polar surface area (TPSA) is 30.7 Å². The standard InChI is InChI=1S/C11H10ClF2N3/c12-4-3-10-7-17(16-15-10)6-8-5-9(13)1-2-11(8)14/h1-2,5,7H,3-4,6H2. The number of nitrogens with zero attached hydrogens (tertiary/aromatic N) is 3. The smallest absolute Gasteiger partial charge is 0.128 e. The Kier molecular flexibility index (Phi) is 3.68. The van der Waals surface area contributed by atoms with E-state index in [0.717, 1.165) is 23.9 Å². The van der Waals surface area contributed by atoms with Crippen LogP contribution in [0.4, 0.5) is 8.78 Å². The highest BCUT2D eigenvalue weighted by atomic mass is 35.5. The molecule has 0 atom stereocenters. The lowest BCUT2D eigenvalue weighted by molar-refractivity contribution is 0.560. The average Bonchev–Trinajstić information content (AvgIpc) is 2.72. The number of alkyl halides is 1. The van der Waals surface area contributed by atoms with Gasteiger partial charge in [0.15, 0.2) is 0 Å². The molecule has 0 aliphatic rings. The van der Waals surface area contributed by atoms with Crippen molar-refractivity contribution in [3.05, 3.63) is 47.3 Å². The van der Waals surface area contributed by atoms with Crippen LogP contribution >= 0.6 is 11.6 Å². The Hall–Kier alpha value is -1.49. The molecule has 1 aromatic heterocycles. The van der Waals surface area contributed by atoms with Gasteiger partial charge in [0.05, 0.1) is 12.2 Å². The van der Waals surface area contributed by atoms with Crippen molar-refractivity contribution in [2.75, 3.05) is 5.88 Å². The number of benzene rings is 1. The van der Waals surface area contributed by atoms with Crippen LogP contribution in [0.3, 0.4) is 0 Å². The van der Waals surface area contributed by atoms with Gasteiger partial charge >= 0.3 is 0 Å². The molecule has 0 bridgehead atoms. The minimum Gasteiger partial charge on any atom is -0.248 e. The summed E-state index contributed by atoms with van der Waals surface area (Å²) in [4.78, 5) is 0. The van der Waals surface area contributed by atoms with Crippen LogP contribution in [-0.2, 0) is 13.0 Å². The van der Waals surface area contributed by atoms with Crippen molar-refractivity contribution in [1.82, 2.24) is 15.0 Å². The first kappa shape index (κ1) is 12.0. The summed E-state index contributed by atoms with van der Waals surface area (Å²) in [5.74, 6) is -0.476. The highest BCUT2D eigenvalue weighted by Gasteiger charge is 2.06. The zero-order valence-electron chi connectivity index (χ0n) is 8.91. The van der Waals surface area contributed by atoms with Crippen molar-refractivity contribution in [1.29, 1.82) is 0 Å². The van der Waals surface area contributed by atoms with Gasteiger partial charge in [-0.3, -0.25) is 0 Å². The van der Waals surface area contributed by atoms with Crippen molar-refractivity contribution >= 4 is 11.6 Å². The van der Waals surface area contributed by atoms with E-state index in [-0.39, 0.29) is 12.1 Å². The summed E-state index contributed by atoms with van der Waals surface area (Å²) in [5.41, 5.74) is 0.976. The third-order valence-corrected chi connectivity index (χ3v) is 2.47. The van der Waals surface area contributed by atoms with E-state index in [9.17, 15) is 8.78 Å². The van der Waals surface area contributed by atoms with Gasteiger partial charge < -0.3 is 0 Å². The molecule has 0 fully saturated rings. The Labute approximate surface area is 102 Å². The number of aromatic nitrogens is 3. The van der Waals surface area contributed by atoms with Crippen LogP contribution in [-0.4, -0.2) is 20.9 Å². The summed E-state index contributed by atoms with van der Waals surface area (Å²) >= 11 is 5.56. The van der Waals surface area contributed by atoms with Gasteiger partial charge in [-0.2, -0.15) is 0 Å². The quantitative estimate of drug-likeness (QED) is 0.788. The molecule has 2 rings (SSSR count). The Bertz CT molecular complexity index is 513. The third kappa shape index (κ3) is 3.00. The van der Waals surface area contributed by atoms with Gasteiger partial charge in [0.25, 0.3) is 0 Å². The molecule has 0 spiro atoms. The lowest BCUT2D eigenvalue weighted by Crippen LogP contribution is -2.03. The first-order valence-electron chi connectivity index (χ1n) is 5.08. The van der Waals surface area contributed by atoms with Crippen LogP contribution < -0.4 is 0 Å². The predicted molar refractivity (Wildman–Crippen MR) is 59.9 cm³/mol. The van der Waals surface area contributed by atoms with Gasteiger partial charge in [-0.15, -0.1) is 16.7 Å². The molecule has 0 saturated carbocycles. The second-order valence-corrected chi connectivity index (χ2v) is 3.96. The summed E-state index contributed by atoms with van der Waals surface area (Å²) in [6.07, 6.45) is 2.28. The van der Waals surface area contributed by atoms with Crippen molar-refractivity contribution in [3.63, 3.8) is 0 Å². The Balaban J connectivity index is 2.16. The lowest BCUT2D eigenvalue weighted by atomic mass is 10.2. The van der Waals surface area contributed by atoms with E-state index in [1.807, 2.05) is 0 Å². The van der Waals surface area contributed by atoms with E-state index < -0.39 is 11.6 Å². The Morgan fingerprint density at radius 2 is 2.12 bits per heavy atom. The van der Waals surface area contributed by atoms with E-state index in [4.69, 9.17) is 11.6 Å². The Morgan fingerprint density at radius 3 is 2.88 bits per heavy atom. The monoisotopic (exact) mass is 257 g/mol. The average molecular weight is 258 g/mol. The normalized spacial score (nSPS) is 10.8. The largest absolute Gasteiger partial charge is 0.248 e. The summed E-state index contributed by atoms with van der Waals surface area (Å²) < 4.78 is 27.8. The minimum atomic E-state index is -0.470. The molecule has 6 heteroatoms. The van der Waals surface area contributed by atoms with E-state index >= 15 is 0 Å². The van der Waals surface area contributed by atoms with Crippen molar-refractivity contribution < 1.29 is 8.78 Å². The summed E-state index contributed by atoms with van der Waals surface area (Å²) in [5, 5.41) is 7.69. The minimum absolute atomic E-state index is 0.152. The summed E-state index contributed by atoms with van der Waals surface area (Å²) in [6, 6.07) is 3.33. The molecule has 1 aromatic carbocycles. The Morgan fingerprint density at radius 1 is 1.29 bits per heavy atom. The molecule has 0 unspecified atom stereocenters. The zero-order valence-corrected chi connectivity index (χ0v) is 9.66. The maximum atomic E-state index is 13.4. The summed E-state index contributed by atoms with van der Waals surface area (Å²) in [7, 11) is 0. The number of halogens is 3. The molecule has 0 amide bonds. The molecule has 0 aliphatic carbocycles. The highest BCUT2D eigenvalue weighted by Crippen LogP contribution is 2.11. The first-order valence-corrected chi connectivity index (χ1v) is 5.61. The van der Waals surface area contributed by atoms with Crippen molar-refractivity contribution in [2.45, 2.75) is 13.0 Å². The van der Waals surface area contributed by atoms with Crippen LogP contribution in [0.5, 0.6) is 0 Å². The van der Waals surface area contributed by atoms with Gasteiger partial charge in [0, 0.05) is 24.1 Å². The van der Waals surface area contributed by atoms with E-state index in [2.05, 4.69) is 10.3 Å². The van der Waals surface area contributed by atoms with Gasteiger partial charge in [-0.25, -0.2) is 13.5 Å². The SMILES string of the molecule is Fc1ccc(F)c(Cn2cc(CCCl)nn2)c1. The van der Waals surface area contributed by atoms with E-state index in [1.54, 1.807) is 6.20 Å². The van der Waals surface area contributed by atoms with Crippen LogP contribution in [0.2, 0.25) is 0 Å².